The second kappa shape index (κ2) is 3.62. The maximum Gasteiger partial charge on any atom is 0.262 e. The highest BCUT2D eigenvalue weighted by atomic mass is 19.1. The molecule has 1 N–H and O–H groups in total. The molecule has 2 rings (SSSR count). The van der Waals surface area contributed by atoms with Crippen molar-refractivity contribution >= 4 is 24.2 Å². The van der Waals surface area contributed by atoms with Gasteiger partial charge in [-0.3, -0.25) is 4.79 Å². The van der Waals surface area contributed by atoms with Gasteiger partial charge in [-0.1, -0.05) is 5.46 Å². The number of nitrogens with one attached hydrogen (secondary N) is 1. The molecule has 0 amide bonds. The normalized spacial score (nSPS) is 10.7. The molecule has 1 aromatic heterocycles. The van der Waals surface area contributed by atoms with Gasteiger partial charge in [-0.2, -0.15) is 0 Å². The maximum atomic E-state index is 13.8. The van der Waals surface area contributed by atoms with E-state index in [-0.39, 0.29) is 22.1 Å². The van der Waals surface area contributed by atoms with Gasteiger partial charge >= 0.3 is 0 Å². The first-order valence-electron chi connectivity index (χ1n) is 4.56. The SMILES string of the molecule is [B]c1c(C)c(OC)c2c(=O)[nH]cnc2c1F. The Kier molecular flexibility index (Phi) is 2.42. The van der Waals surface area contributed by atoms with Crippen LogP contribution in [0.25, 0.3) is 10.9 Å². The molecule has 2 radical (unpaired) electrons. The van der Waals surface area contributed by atoms with Gasteiger partial charge in [-0.05, 0) is 12.5 Å². The molecule has 0 aliphatic heterocycles. The van der Waals surface area contributed by atoms with Crippen LogP contribution in [0.2, 0.25) is 0 Å². The Balaban J connectivity index is 3.11. The molecule has 0 saturated carbocycles. The van der Waals surface area contributed by atoms with Gasteiger partial charge < -0.3 is 9.72 Å². The summed E-state index contributed by atoms with van der Waals surface area (Å²) in [6.07, 6.45) is 1.13. The van der Waals surface area contributed by atoms with Gasteiger partial charge in [0.1, 0.15) is 30.3 Å². The third-order valence-corrected chi connectivity index (χ3v) is 2.47. The van der Waals surface area contributed by atoms with Crippen LogP contribution in [0.5, 0.6) is 5.75 Å². The van der Waals surface area contributed by atoms with E-state index in [1.807, 2.05) is 0 Å². The summed E-state index contributed by atoms with van der Waals surface area (Å²) in [7, 11) is 6.96. The van der Waals surface area contributed by atoms with Crippen LogP contribution in [-0.2, 0) is 0 Å². The van der Waals surface area contributed by atoms with Crippen LogP contribution in [0.1, 0.15) is 5.56 Å². The zero-order valence-electron chi connectivity index (χ0n) is 8.80. The molecule has 1 aromatic carbocycles. The fourth-order valence-electron chi connectivity index (χ4n) is 1.63. The van der Waals surface area contributed by atoms with Crippen LogP contribution in [0.15, 0.2) is 11.1 Å². The van der Waals surface area contributed by atoms with Crippen molar-refractivity contribution in [2.24, 2.45) is 0 Å². The van der Waals surface area contributed by atoms with Crippen LogP contribution in [-0.4, -0.2) is 24.9 Å². The molecular weight excluding hydrogens is 210 g/mol. The van der Waals surface area contributed by atoms with Crippen LogP contribution >= 0.6 is 0 Å². The van der Waals surface area contributed by atoms with E-state index in [4.69, 9.17) is 12.6 Å². The van der Waals surface area contributed by atoms with Gasteiger partial charge in [-0.15, -0.1) is 0 Å². The molecule has 4 nitrogen and oxygen atoms in total. The highest BCUT2D eigenvalue weighted by molar-refractivity contribution is 6.35. The zero-order valence-corrected chi connectivity index (χ0v) is 8.80. The van der Waals surface area contributed by atoms with Crippen molar-refractivity contribution in [1.29, 1.82) is 0 Å². The van der Waals surface area contributed by atoms with E-state index in [0.29, 0.717) is 5.56 Å². The quantitative estimate of drug-likeness (QED) is 0.694. The summed E-state index contributed by atoms with van der Waals surface area (Å²) in [4.78, 5) is 17.7. The number of methoxy groups -OCH3 is 1. The number of aromatic amines is 1. The lowest BCUT2D eigenvalue weighted by Crippen LogP contribution is -2.19. The number of rotatable bonds is 1. The molecule has 6 heteroatoms. The van der Waals surface area contributed by atoms with Crippen LogP contribution in [0.4, 0.5) is 4.39 Å². The summed E-state index contributed by atoms with van der Waals surface area (Å²) in [6, 6.07) is 0. The molecule has 0 unspecified atom stereocenters. The fraction of sp³-hybridized carbons (Fsp3) is 0.200. The minimum atomic E-state index is -0.695. The number of ether oxygens (including phenoxy) is 1. The summed E-state index contributed by atoms with van der Waals surface area (Å²) in [5, 5.41) is 0.0780. The second-order valence-electron chi connectivity index (χ2n) is 3.34. The van der Waals surface area contributed by atoms with Gasteiger partial charge in [0.2, 0.25) is 0 Å². The predicted octanol–water partition coefficient (Wildman–Crippen LogP) is 0.173. The van der Waals surface area contributed by atoms with E-state index in [1.54, 1.807) is 6.92 Å². The topological polar surface area (TPSA) is 55.0 Å². The largest absolute Gasteiger partial charge is 0.496 e. The molecular formula is C10H8BFN2O2. The number of aromatic nitrogens is 2. The average Bonchev–Trinajstić information content (AvgIpc) is 2.28. The molecule has 0 saturated heterocycles. The summed E-state index contributed by atoms with van der Waals surface area (Å²) in [5.74, 6) is -0.442. The average molecular weight is 218 g/mol. The summed E-state index contributed by atoms with van der Waals surface area (Å²) < 4.78 is 18.8. The number of hydrogen-bond acceptors (Lipinski definition) is 3. The Morgan fingerprint density at radius 1 is 1.56 bits per heavy atom. The minimum Gasteiger partial charge on any atom is -0.496 e. The van der Waals surface area contributed by atoms with Crippen molar-refractivity contribution in [2.75, 3.05) is 7.11 Å². The van der Waals surface area contributed by atoms with Crippen LogP contribution < -0.4 is 15.8 Å². The molecule has 0 spiro atoms. The number of benzene rings is 1. The summed E-state index contributed by atoms with van der Waals surface area (Å²) >= 11 is 0. The van der Waals surface area contributed by atoms with Gasteiger partial charge in [0.25, 0.3) is 5.56 Å². The van der Waals surface area contributed by atoms with Crippen molar-refractivity contribution in [2.45, 2.75) is 6.92 Å². The first kappa shape index (κ1) is 10.7. The van der Waals surface area contributed by atoms with Crippen molar-refractivity contribution in [3.8, 4) is 5.75 Å². The van der Waals surface area contributed by atoms with E-state index < -0.39 is 11.4 Å². The Labute approximate surface area is 91.9 Å². The highest BCUT2D eigenvalue weighted by Gasteiger charge is 2.17. The number of nitrogens with zero attached hydrogens (tertiary/aromatic N) is 1. The maximum absolute atomic E-state index is 13.8. The molecule has 16 heavy (non-hydrogen) atoms. The van der Waals surface area contributed by atoms with E-state index in [9.17, 15) is 9.18 Å². The minimum absolute atomic E-state index is 0.0533. The third-order valence-electron chi connectivity index (χ3n) is 2.47. The van der Waals surface area contributed by atoms with Gasteiger partial charge in [0.05, 0.1) is 13.4 Å². The Hall–Kier alpha value is -1.85. The highest BCUT2D eigenvalue weighted by Crippen LogP contribution is 2.25. The molecule has 0 aliphatic rings. The Morgan fingerprint density at radius 2 is 2.25 bits per heavy atom. The molecule has 0 fully saturated rings. The van der Waals surface area contributed by atoms with Crippen molar-refractivity contribution < 1.29 is 9.13 Å². The second-order valence-corrected chi connectivity index (χ2v) is 3.34. The Bertz CT molecular complexity index is 624. The molecule has 0 bridgehead atoms. The van der Waals surface area contributed by atoms with Gasteiger partial charge in [0, 0.05) is 0 Å². The lowest BCUT2D eigenvalue weighted by atomic mass is 9.88. The molecule has 0 atom stereocenters. The number of H-pyrrole nitrogens is 1. The van der Waals surface area contributed by atoms with Crippen molar-refractivity contribution in [3.05, 3.63) is 28.1 Å². The van der Waals surface area contributed by atoms with E-state index >= 15 is 0 Å². The first-order valence-corrected chi connectivity index (χ1v) is 4.56. The van der Waals surface area contributed by atoms with Crippen LogP contribution in [0.3, 0.4) is 0 Å². The van der Waals surface area contributed by atoms with E-state index in [1.165, 1.54) is 7.11 Å². The zero-order chi connectivity index (χ0) is 11.9. The molecule has 1 heterocycles. The molecule has 2 aromatic rings. The molecule has 80 valence electrons. The van der Waals surface area contributed by atoms with E-state index in [2.05, 4.69) is 9.97 Å². The monoisotopic (exact) mass is 218 g/mol. The standard InChI is InChI=1S/C10H8BFN2O2/c1-4-6(11)7(12)8-5(9(4)16-2)10(15)14-3-13-8/h3H,1-2H3,(H,13,14,15). The predicted molar refractivity (Wildman–Crippen MR) is 59.0 cm³/mol. The number of halogens is 1. The van der Waals surface area contributed by atoms with Gasteiger partial charge in [-0.25, -0.2) is 9.37 Å². The molecule has 0 aliphatic carbocycles. The van der Waals surface area contributed by atoms with Gasteiger partial charge in [0.15, 0.2) is 0 Å². The lowest BCUT2D eigenvalue weighted by molar-refractivity contribution is 0.416. The van der Waals surface area contributed by atoms with Crippen LogP contribution in [0, 0.1) is 12.7 Å². The third kappa shape index (κ3) is 1.30. The Morgan fingerprint density at radius 3 is 2.88 bits per heavy atom. The lowest BCUT2D eigenvalue weighted by Gasteiger charge is -2.11. The summed E-state index contributed by atoms with van der Waals surface area (Å²) in [6.45, 7) is 1.59. The van der Waals surface area contributed by atoms with Crippen molar-refractivity contribution in [1.82, 2.24) is 9.97 Å². The number of hydrogen-bond donors (Lipinski definition) is 1. The van der Waals surface area contributed by atoms with Crippen molar-refractivity contribution in [3.63, 3.8) is 0 Å². The smallest absolute Gasteiger partial charge is 0.262 e. The fourth-order valence-corrected chi connectivity index (χ4v) is 1.63. The summed E-state index contributed by atoms with van der Waals surface area (Å²) in [5.41, 5.74) is -0.194. The number of fused-ring (bicyclic) bond motifs is 1. The van der Waals surface area contributed by atoms with E-state index in [0.717, 1.165) is 6.33 Å². The first-order chi connectivity index (χ1) is 7.57.